The van der Waals surface area contributed by atoms with Crippen LogP contribution in [0.3, 0.4) is 0 Å². The molecule has 0 aliphatic carbocycles. The lowest BCUT2D eigenvalue weighted by Gasteiger charge is -2.40. The number of nitrogens with zero attached hydrogens (tertiary/aromatic N) is 1. The SMILES string of the molecule is C=CC(=O)N1CC([C@@H](C)O)C1. The Morgan fingerprint density at radius 3 is 2.73 bits per heavy atom. The summed E-state index contributed by atoms with van der Waals surface area (Å²) in [5.41, 5.74) is 0. The van der Waals surface area contributed by atoms with Crippen LogP contribution in [0.4, 0.5) is 0 Å². The summed E-state index contributed by atoms with van der Waals surface area (Å²) in [6.07, 6.45) is 1.00. The maximum Gasteiger partial charge on any atom is 0.245 e. The van der Waals surface area contributed by atoms with Crippen molar-refractivity contribution in [2.45, 2.75) is 13.0 Å². The van der Waals surface area contributed by atoms with Crippen molar-refractivity contribution >= 4 is 5.91 Å². The van der Waals surface area contributed by atoms with Crippen LogP contribution >= 0.6 is 0 Å². The van der Waals surface area contributed by atoms with Gasteiger partial charge in [0.15, 0.2) is 0 Å². The van der Waals surface area contributed by atoms with E-state index in [9.17, 15) is 4.79 Å². The molecule has 0 aromatic heterocycles. The summed E-state index contributed by atoms with van der Waals surface area (Å²) in [6.45, 7) is 6.47. The summed E-state index contributed by atoms with van der Waals surface area (Å²) in [7, 11) is 0. The first-order valence-corrected chi connectivity index (χ1v) is 3.74. The van der Waals surface area contributed by atoms with E-state index in [0.29, 0.717) is 13.1 Å². The molecule has 0 aromatic rings. The Bertz CT molecular complexity index is 171. The van der Waals surface area contributed by atoms with Crippen molar-refractivity contribution < 1.29 is 9.90 Å². The molecule has 0 bridgehead atoms. The highest BCUT2D eigenvalue weighted by Crippen LogP contribution is 2.18. The molecule has 1 rings (SSSR count). The van der Waals surface area contributed by atoms with Crippen LogP contribution in [0, 0.1) is 5.92 Å². The number of carbonyl (C=O) groups excluding carboxylic acids is 1. The molecule has 0 saturated carbocycles. The first kappa shape index (κ1) is 8.27. The fourth-order valence-corrected chi connectivity index (χ4v) is 1.13. The van der Waals surface area contributed by atoms with Crippen LogP contribution in [-0.2, 0) is 4.79 Å². The molecule has 1 heterocycles. The smallest absolute Gasteiger partial charge is 0.245 e. The number of amides is 1. The minimum Gasteiger partial charge on any atom is -0.393 e. The van der Waals surface area contributed by atoms with Crippen LogP contribution in [-0.4, -0.2) is 35.1 Å². The second-order valence-electron chi connectivity index (χ2n) is 2.95. The van der Waals surface area contributed by atoms with Crippen molar-refractivity contribution in [3.8, 4) is 0 Å². The van der Waals surface area contributed by atoms with Gasteiger partial charge in [0.2, 0.25) is 5.91 Å². The average molecular weight is 155 g/mol. The quantitative estimate of drug-likeness (QED) is 0.571. The number of rotatable bonds is 2. The van der Waals surface area contributed by atoms with Crippen molar-refractivity contribution in [3.05, 3.63) is 12.7 Å². The van der Waals surface area contributed by atoms with Gasteiger partial charge in [0.25, 0.3) is 0 Å². The van der Waals surface area contributed by atoms with Gasteiger partial charge in [-0.15, -0.1) is 0 Å². The van der Waals surface area contributed by atoms with Crippen molar-refractivity contribution in [2.75, 3.05) is 13.1 Å². The van der Waals surface area contributed by atoms with Gasteiger partial charge in [-0.25, -0.2) is 0 Å². The molecule has 0 unspecified atom stereocenters. The normalized spacial score (nSPS) is 20.7. The van der Waals surface area contributed by atoms with Gasteiger partial charge >= 0.3 is 0 Å². The Kier molecular flexibility index (Phi) is 2.29. The minimum atomic E-state index is -0.302. The summed E-state index contributed by atoms with van der Waals surface area (Å²) in [5, 5.41) is 9.08. The maximum absolute atomic E-state index is 10.9. The molecule has 62 valence electrons. The first-order valence-electron chi connectivity index (χ1n) is 3.74. The molecule has 1 aliphatic rings. The molecule has 3 heteroatoms. The van der Waals surface area contributed by atoms with Crippen LogP contribution in [0.5, 0.6) is 0 Å². The number of hydrogen-bond acceptors (Lipinski definition) is 2. The topological polar surface area (TPSA) is 40.5 Å². The molecule has 1 atom stereocenters. The van der Waals surface area contributed by atoms with Crippen molar-refractivity contribution in [2.24, 2.45) is 5.92 Å². The third-order valence-electron chi connectivity index (χ3n) is 2.08. The highest BCUT2D eigenvalue weighted by Gasteiger charge is 2.31. The Morgan fingerprint density at radius 1 is 1.82 bits per heavy atom. The van der Waals surface area contributed by atoms with E-state index in [1.807, 2.05) is 0 Å². The molecule has 1 aliphatic heterocycles. The predicted molar refractivity (Wildman–Crippen MR) is 41.9 cm³/mol. The zero-order valence-electron chi connectivity index (χ0n) is 6.66. The Hall–Kier alpha value is -0.830. The van der Waals surface area contributed by atoms with Gasteiger partial charge in [-0.1, -0.05) is 6.58 Å². The monoisotopic (exact) mass is 155 g/mol. The Balaban J connectivity index is 2.29. The van der Waals surface area contributed by atoms with E-state index in [0.717, 1.165) is 0 Å². The fraction of sp³-hybridized carbons (Fsp3) is 0.625. The standard InChI is InChI=1S/C8H13NO2/c1-3-8(11)9-4-7(5-9)6(2)10/h3,6-7,10H,1,4-5H2,2H3/t6-/m1/s1. The van der Waals surface area contributed by atoms with E-state index >= 15 is 0 Å². The van der Waals surface area contributed by atoms with E-state index in [-0.39, 0.29) is 17.9 Å². The highest BCUT2D eigenvalue weighted by molar-refractivity contribution is 5.87. The number of hydrogen-bond donors (Lipinski definition) is 1. The molecule has 3 nitrogen and oxygen atoms in total. The molecular formula is C8H13NO2. The average Bonchev–Trinajstić information content (AvgIpc) is 1.83. The zero-order valence-corrected chi connectivity index (χ0v) is 6.66. The van der Waals surface area contributed by atoms with Gasteiger partial charge in [0.05, 0.1) is 6.10 Å². The van der Waals surface area contributed by atoms with Gasteiger partial charge in [-0.2, -0.15) is 0 Å². The predicted octanol–water partition coefficient (Wildman–Crippen LogP) is 0.0116. The van der Waals surface area contributed by atoms with E-state index in [1.54, 1.807) is 11.8 Å². The van der Waals surface area contributed by atoms with E-state index < -0.39 is 0 Å². The Morgan fingerprint density at radius 2 is 2.36 bits per heavy atom. The van der Waals surface area contributed by atoms with Crippen LogP contribution in [0.1, 0.15) is 6.92 Å². The molecule has 11 heavy (non-hydrogen) atoms. The van der Waals surface area contributed by atoms with Crippen molar-refractivity contribution in [1.29, 1.82) is 0 Å². The third kappa shape index (κ3) is 1.60. The molecule has 1 saturated heterocycles. The lowest BCUT2D eigenvalue weighted by Crippen LogP contribution is -2.53. The van der Waals surface area contributed by atoms with Gasteiger partial charge in [-0.3, -0.25) is 4.79 Å². The van der Waals surface area contributed by atoms with Crippen molar-refractivity contribution in [1.82, 2.24) is 4.90 Å². The largest absolute Gasteiger partial charge is 0.393 e. The van der Waals surface area contributed by atoms with E-state index in [1.165, 1.54) is 6.08 Å². The molecular weight excluding hydrogens is 142 g/mol. The number of aliphatic hydroxyl groups excluding tert-OH is 1. The molecule has 1 fully saturated rings. The van der Waals surface area contributed by atoms with Crippen LogP contribution in [0.2, 0.25) is 0 Å². The van der Waals surface area contributed by atoms with Crippen LogP contribution < -0.4 is 0 Å². The zero-order chi connectivity index (χ0) is 8.43. The second-order valence-corrected chi connectivity index (χ2v) is 2.95. The lowest BCUT2D eigenvalue weighted by atomic mass is 9.95. The highest BCUT2D eigenvalue weighted by atomic mass is 16.3. The second kappa shape index (κ2) is 3.05. The van der Waals surface area contributed by atoms with Crippen LogP contribution in [0.25, 0.3) is 0 Å². The Labute approximate surface area is 66.3 Å². The van der Waals surface area contributed by atoms with Gasteiger partial charge in [0, 0.05) is 19.0 Å². The molecule has 0 spiro atoms. The molecule has 1 amide bonds. The van der Waals surface area contributed by atoms with Crippen molar-refractivity contribution in [3.63, 3.8) is 0 Å². The fourth-order valence-electron chi connectivity index (χ4n) is 1.13. The third-order valence-corrected chi connectivity index (χ3v) is 2.08. The summed E-state index contributed by atoms with van der Waals surface area (Å²) in [5.74, 6) is 0.223. The van der Waals surface area contributed by atoms with Gasteiger partial charge in [-0.05, 0) is 13.0 Å². The number of aliphatic hydroxyl groups is 1. The lowest BCUT2D eigenvalue weighted by molar-refractivity contribution is -0.134. The van der Waals surface area contributed by atoms with Gasteiger partial charge < -0.3 is 10.0 Å². The number of carbonyl (C=O) groups is 1. The first-order chi connectivity index (χ1) is 5.15. The van der Waals surface area contributed by atoms with E-state index in [4.69, 9.17) is 5.11 Å². The van der Waals surface area contributed by atoms with Crippen LogP contribution in [0.15, 0.2) is 12.7 Å². The summed E-state index contributed by atoms with van der Waals surface area (Å²) >= 11 is 0. The maximum atomic E-state index is 10.9. The van der Waals surface area contributed by atoms with E-state index in [2.05, 4.69) is 6.58 Å². The summed E-state index contributed by atoms with van der Waals surface area (Å²) in [6, 6.07) is 0. The minimum absolute atomic E-state index is 0.0399. The van der Waals surface area contributed by atoms with Gasteiger partial charge in [0.1, 0.15) is 0 Å². The summed E-state index contributed by atoms with van der Waals surface area (Å²) < 4.78 is 0. The molecule has 0 radical (unpaired) electrons. The molecule has 1 N–H and O–H groups in total. The number of likely N-dealkylation sites (tertiary alicyclic amines) is 1. The molecule has 0 aromatic carbocycles. The summed E-state index contributed by atoms with van der Waals surface area (Å²) in [4.78, 5) is 12.6.